The smallest absolute Gasteiger partial charge is 0.229 e. The number of hydrogen-bond donors (Lipinski definition) is 1. The van der Waals surface area contributed by atoms with Crippen molar-refractivity contribution in [1.29, 1.82) is 0 Å². The van der Waals surface area contributed by atoms with Crippen molar-refractivity contribution in [2.45, 2.75) is 39.3 Å². The number of nitrogens with one attached hydrogen (secondary N) is 1. The molecule has 0 saturated carbocycles. The van der Waals surface area contributed by atoms with Crippen molar-refractivity contribution < 1.29 is 4.39 Å². The van der Waals surface area contributed by atoms with Crippen molar-refractivity contribution in [2.24, 2.45) is 0 Å². The number of halogens is 1. The van der Waals surface area contributed by atoms with Crippen LogP contribution in [-0.2, 0) is 0 Å². The fourth-order valence-electron chi connectivity index (χ4n) is 4.80. The molecule has 0 unspecified atom stereocenters. The van der Waals surface area contributed by atoms with Crippen LogP contribution in [0.25, 0.3) is 22.3 Å². The van der Waals surface area contributed by atoms with Gasteiger partial charge < -0.3 is 19.7 Å². The van der Waals surface area contributed by atoms with Gasteiger partial charge in [0.05, 0.1) is 29.1 Å². The van der Waals surface area contributed by atoms with Gasteiger partial charge in [-0.25, -0.2) is 24.3 Å². The summed E-state index contributed by atoms with van der Waals surface area (Å²) in [5, 5.41) is 3.11. The zero-order chi connectivity index (χ0) is 24.7. The number of anilines is 3. The van der Waals surface area contributed by atoms with Crippen LogP contribution in [-0.4, -0.2) is 62.6 Å². The van der Waals surface area contributed by atoms with Gasteiger partial charge in [-0.15, -0.1) is 0 Å². The van der Waals surface area contributed by atoms with Crippen LogP contribution in [0.1, 0.15) is 32.1 Å². The Bertz CT molecular complexity index is 1350. The van der Waals surface area contributed by atoms with Gasteiger partial charge in [-0.3, -0.25) is 0 Å². The van der Waals surface area contributed by atoms with Crippen molar-refractivity contribution in [3.05, 3.63) is 54.4 Å². The molecular formula is C26H31FN8. The van der Waals surface area contributed by atoms with Crippen LogP contribution in [0.5, 0.6) is 0 Å². The lowest BCUT2D eigenvalue weighted by Gasteiger charge is -2.21. The molecule has 1 saturated heterocycles. The van der Waals surface area contributed by atoms with Gasteiger partial charge in [0.2, 0.25) is 5.95 Å². The van der Waals surface area contributed by atoms with Crippen molar-refractivity contribution in [1.82, 2.24) is 29.4 Å². The zero-order valence-electron chi connectivity index (χ0n) is 20.8. The fourth-order valence-corrected chi connectivity index (χ4v) is 4.80. The second kappa shape index (κ2) is 9.22. The predicted molar refractivity (Wildman–Crippen MR) is 138 cm³/mol. The molecule has 1 aromatic carbocycles. The summed E-state index contributed by atoms with van der Waals surface area (Å²) in [6, 6.07) is 10.4. The van der Waals surface area contributed by atoms with Crippen LogP contribution in [0.4, 0.5) is 21.8 Å². The lowest BCUT2D eigenvalue weighted by atomic mass is 10.1. The van der Waals surface area contributed by atoms with E-state index in [2.05, 4.69) is 67.6 Å². The molecule has 4 heterocycles. The van der Waals surface area contributed by atoms with Crippen LogP contribution < -0.4 is 10.2 Å². The molecule has 0 radical (unpaired) electrons. The first-order valence-electron chi connectivity index (χ1n) is 12.0. The third kappa shape index (κ3) is 4.55. The lowest BCUT2D eigenvalue weighted by Crippen LogP contribution is -2.31. The minimum atomic E-state index is -0.477. The normalized spacial score (nSPS) is 16.1. The summed E-state index contributed by atoms with van der Waals surface area (Å²) in [4.78, 5) is 22.4. The van der Waals surface area contributed by atoms with E-state index in [0.29, 0.717) is 23.4 Å². The molecule has 0 aliphatic carbocycles. The summed E-state index contributed by atoms with van der Waals surface area (Å²) < 4.78 is 16.9. The summed E-state index contributed by atoms with van der Waals surface area (Å²) in [6.07, 6.45) is 4.19. The average molecular weight is 475 g/mol. The topological polar surface area (TPSA) is 75.0 Å². The van der Waals surface area contributed by atoms with Gasteiger partial charge >= 0.3 is 0 Å². The molecule has 0 amide bonds. The minimum Gasteiger partial charge on any atom is -0.369 e. The Balaban J connectivity index is 1.38. The molecule has 1 aliphatic heterocycles. The fraction of sp³-hybridized carbons (Fsp3) is 0.385. The number of aromatic nitrogens is 5. The number of imidazole rings is 1. The minimum absolute atomic E-state index is 0.238. The highest BCUT2D eigenvalue weighted by molar-refractivity contribution is 5.82. The number of likely N-dealkylation sites (N-methyl/N-ethyl adjacent to an activating group) is 1. The molecule has 0 bridgehead atoms. The van der Waals surface area contributed by atoms with E-state index in [4.69, 9.17) is 0 Å². The van der Waals surface area contributed by atoms with Gasteiger partial charge in [0.15, 0.2) is 5.82 Å². The van der Waals surface area contributed by atoms with Crippen LogP contribution in [0.15, 0.2) is 42.7 Å². The largest absolute Gasteiger partial charge is 0.369 e. The Labute approximate surface area is 204 Å². The van der Waals surface area contributed by atoms with Crippen molar-refractivity contribution in [3.8, 4) is 11.3 Å². The number of fused-ring (bicyclic) bond motifs is 1. The van der Waals surface area contributed by atoms with E-state index in [1.165, 1.54) is 6.20 Å². The maximum atomic E-state index is 14.8. The summed E-state index contributed by atoms with van der Waals surface area (Å²) in [7, 11) is 4.24. The van der Waals surface area contributed by atoms with Gasteiger partial charge in [0.1, 0.15) is 17.3 Å². The van der Waals surface area contributed by atoms with Crippen molar-refractivity contribution in [2.75, 3.05) is 37.4 Å². The molecule has 5 rings (SSSR count). The first-order chi connectivity index (χ1) is 16.8. The van der Waals surface area contributed by atoms with E-state index in [1.54, 1.807) is 0 Å². The molecular weight excluding hydrogens is 443 g/mol. The molecule has 182 valence electrons. The maximum Gasteiger partial charge on any atom is 0.229 e. The number of rotatable bonds is 6. The van der Waals surface area contributed by atoms with Crippen LogP contribution >= 0.6 is 0 Å². The standard InChI is InChI=1S/C26H31FN8/c1-16(2)35-17(3)30-22-8-6-18(12-23(22)35)25-21(27)14-29-26(32-25)31-24-9-7-19(13-28-24)34-11-10-20(15-34)33(4)5/h6-9,12-14,16,20H,10-11,15H2,1-5H3,(H,28,29,31,32)/t20-/m0/s1. The van der Waals surface area contributed by atoms with E-state index < -0.39 is 5.82 Å². The third-order valence-electron chi connectivity index (χ3n) is 6.65. The van der Waals surface area contributed by atoms with Gasteiger partial charge in [-0.1, -0.05) is 6.07 Å². The van der Waals surface area contributed by atoms with E-state index in [-0.39, 0.29) is 11.7 Å². The lowest BCUT2D eigenvalue weighted by molar-refractivity contribution is 0.315. The van der Waals surface area contributed by atoms with Crippen LogP contribution in [0.2, 0.25) is 0 Å². The first kappa shape index (κ1) is 23.2. The Morgan fingerprint density at radius 2 is 1.91 bits per heavy atom. The van der Waals surface area contributed by atoms with Gasteiger partial charge in [-0.05, 0) is 65.6 Å². The quantitative estimate of drug-likeness (QED) is 0.430. The number of pyridine rings is 1. The Hall–Kier alpha value is -3.59. The van der Waals surface area contributed by atoms with Crippen LogP contribution in [0.3, 0.4) is 0 Å². The monoisotopic (exact) mass is 474 g/mol. The summed E-state index contributed by atoms with van der Waals surface area (Å²) >= 11 is 0. The zero-order valence-corrected chi connectivity index (χ0v) is 20.8. The molecule has 1 fully saturated rings. The van der Waals surface area contributed by atoms with E-state index in [0.717, 1.165) is 42.1 Å². The number of hydrogen-bond acceptors (Lipinski definition) is 7. The number of benzene rings is 1. The molecule has 1 aliphatic rings. The predicted octanol–water partition coefficient (Wildman–Crippen LogP) is 4.80. The molecule has 1 N–H and O–H groups in total. The number of nitrogens with zero attached hydrogens (tertiary/aromatic N) is 7. The van der Waals surface area contributed by atoms with Gasteiger partial charge in [0, 0.05) is 30.7 Å². The SMILES string of the molecule is Cc1nc2ccc(-c3nc(Nc4ccc(N5CC[C@H](N(C)C)C5)cn4)ncc3F)cc2n1C(C)C. The van der Waals surface area contributed by atoms with E-state index in [9.17, 15) is 4.39 Å². The van der Waals surface area contributed by atoms with E-state index in [1.807, 2.05) is 43.5 Å². The Morgan fingerprint density at radius 3 is 2.60 bits per heavy atom. The molecule has 1 atom stereocenters. The summed E-state index contributed by atoms with van der Waals surface area (Å²) in [5.74, 6) is 1.36. The second-order valence-corrected chi connectivity index (χ2v) is 9.60. The van der Waals surface area contributed by atoms with Crippen molar-refractivity contribution >= 4 is 28.5 Å². The van der Waals surface area contributed by atoms with Crippen LogP contribution in [0, 0.1) is 12.7 Å². The Kier molecular flexibility index (Phi) is 6.10. The molecule has 35 heavy (non-hydrogen) atoms. The van der Waals surface area contributed by atoms with Crippen molar-refractivity contribution in [3.63, 3.8) is 0 Å². The van der Waals surface area contributed by atoms with Gasteiger partial charge in [-0.2, -0.15) is 0 Å². The molecule has 9 heteroatoms. The second-order valence-electron chi connectivity index (χ2n) is 9.60. The maximum absolute atomic E-state index is 14.8. The highest BCUT2D eigenvalue weighted by Gasteiger charge is 2.24. The highest BCUT2D eigenvalue weighted by Crippen LogP contribution is 2.29. The molecule has 0 spiro atoms. The number of aryl methyl sites for hydroxylation is 1. The Morgan fingerprint density at radius 1 is 1.09 bits per heavy atom. The molecule has 4 aromatic rings. The third-order valence-corrected chi connectivity index (χ3v) is 6.65. The van der Waals surface area contributed by atoms with Gasteiger partial charge in [0.25, 0.3) is 0 Å². The average Bonchev–Trinajstić information content (AvgIpc) is 3.45. The summed E-state index contributed by atoms with van der Waals surface area (Å²) in [5.41, 5.74) is 3.84. The highest BCUT2D eigenvalue weighted by atomic mass is 19.1. The van der Waals surface area contributed by atoms with E-state index >= 15 is 0 Å². The first-order valence-corrected chi connectivity index (χ1v) is 12.0. The molecule has 3 aromatic heterocycles. The summed E-state index contributed by atoms with van der Waals surface area (Å²) in [6.45, 7) is 8.20. The molecule has 8 nitrogen and oxygen atoms in total.